The molecule has 1 saturated heterocycles. The number of benzene rings is 1. The molecule has 5 nitrogen and oxygen atoms in total. The van der Waals surface area contributed by atoms with Crippen LogP contribution in [0.25, 0.3) is 17.3 Å². The van der Waals surface area contributed by atoms with E-state index in [1.54, 1.807) is 12.1 Å². The smallest absolute Gasteiger partial charge is 0.406 e. The van der Waals surface area contributed by atoms with Crippen LogP contribution in [0.2, 0.25) is 0 Å². The van der Waals surface area contributed by atoms with Gasteiger partial charge in [0.2, 0.25) is 0 Å². The first-order chi connectivity index (χ1) is 11.8. The minimum absolute atomic E-state index is 0.260. The van der Waals surface area contributed by atoms with Gasteiger partial charge in [-0.2, -0.15) is 0 Å². The third kappa shape index (κ3) is 4.38. The van der Waals surface area contributed by atoms with Crippen molar-refractivity contribution in [1.82, 2.24) is 10.3 Å². The lowest BCUT2D eigenvalue weighted by Crippen LogP contribution is -2.17. The zero-order valence-corrected chi connectivity index (χ0v) is 13.1. The topological polar surface area (TPSA) is 68.3 Å². The van der Waals surface area contributed by atoms with Gasteiger partial charge >= 0.3 is 6.36 Å². The van der Waals surface area contributed by atoms with Gasteiger partial charge in [-0.05, 0) is 59.8 Å². The maximum Gasteiger partial charge on any atom is 0.573 e. The van der Waals surface area contributed by atoms with Gasteiger partial charge in [0.15, 0.2) is 0 Å². The Hall–Kier alpha value is -2.81. The third-order valence-corrected chi connectivity index (χ3v) is 3.92. The number of thioether (sulfide) groups is 1. The number of carbonyl (C=O) groups excluding carboxylic acids is 2. The van der Waals surface area contributed by atoms with Crippen LogP contribution in [-0.4, -0.2) is 22.5 Å². The zero-order valence-electron chi connectivity index (χ0n) is 12.3. The second-order valence-corrected chi connectivity index (χ2v) is 5.91. The van der Waals surface area contributed by atoms with Crippen LogP contribution in [0, 0.1) is 0 Å². The second-order valence-electron chi connectivity index (χ2n) is 4.90. The van der Waals surface area contributed by atoms with Gasteiger partial charge in [0.25, 0.3) is 11.1 Å². The van der Waals surface area contributed by atoms with Crippen LogP contribution in [-0.2, 0) is 4.79 Å². The molecular weight excluding hydrogens is 357 g/mol. The molecule has 2 aromatic rings. The highest BCUT2D eigenvalue weighted by Crippen LogP contribution is 2.28. The molecule has 0 bridgehead atoms. The van der Waals surface area contributed by atoms with Crippen molar-refractivity contribution in [2.75, 3.05) is 0 Å². The number of hydrogen-bond donors (Lipinski definition) is 1. The normalized spacial score (nSPS) is 16.2. The van der Waals surface area contributed by atoms with E-state index in [0.29, 0.717) is 16.8 Å². The number of rotatable bonds is 3. The van der Waals surface area contributed by atoms with Crippen molar-refractivity contribution < 1.29 is 27.5 Å². The van der Waals surface area contributed by atoms with E-state index in [9.17, 15) is 22.8 Å². The molecule has 1 N–H and O–H groups in total. The number of aromatic nitrogens is 1. The number of ether oxygens (including phenoxy) is 1. The molecule has 1 aromatic heterocycles. The van der Waals surface area contributed by atoms with Crippen LogP contribution in [0.5, 0.6) is 5.75 Å². The van der Waals surface area contributed by atoms with E-state index in [1.807, 2.05) is 0 Å². The van der Waals surface area contributed by atoms with Crippen molar-refractivity contribution in [1.29, 1.82) is 0 Å². The molecule has 0 saturated carbocycles. The highest BCUT2D eigenvalue weighted by Gasteiger charge is 2.31. The molecule has 1 aliphatic rings. The Labute approximate surface area is 143 Å². The number of amides is 2. The van der Waals surface area contributed by atoms with Crippen LogP contribution in [0.1, 0.15) is 5.56 Å². The lowest BCUT2D eigenvalue weighted by atomic mass is 10.1. The highest BCUT2D eigenvalue weighted by molar-refractivity contribution is 8.18. The molecule has 9 heteroatoms. The molecule has 0 aliphatic carbocycles. The molecule has 0 atom stereocenters. The molecule has 25 heavy (non-hydrogen) atoms. The van der Waals surface area contributed by atoms with E-state index in [2.05, 4.69) is 15.0 Å². The van der Waals surface area contributed by atoms with Gasteiger partial charge in [-0.3, -0.25) is 19.9 Å². The molecule has 1 aromatic carbocycles. The minimum atomic E-state index is -4.75. The number of alkyl halides is 3. The fourth-order valence-electron chi connectivity index (χ4n) is 2.09. The summed E-state index contributed by atoms with van der Waals surface area (Å²) in [6.07, 6.45) is -1.71. The molecule has 3 rings (SSSR count). The summed E-state index contributed by atoms with van der Waals surface area (Å²) >= 11 is 0.795. The molecule has 2 amide bonds. The predicted molar refractivity (Wildman–Crippen MR) is 85.5 cm³/mol. The van der Waals surface area contributed by atoms with E-state index in [4.69, 9.17) is 0 Å². The lowest BCUT2D eigenvalue weighted by Gasteiger charge is -2.09. The van der Waals surface area contributed by atoms with Crippen LogP contribution < -0.4 is 10.1 Å². The number of nitrogens with zero attached hydrogens (tertiary/aromatic N) is 1. The van der Waals surface area contributed by atoms with Crippen molar-refractivity contribution >= 4 is 29.0 Å². The Balaban J connectivity index is 1.83. The first-order valence-electron chi connectivity index (χ1n) is 6.87. The summed E-state index contributed by atoms with van der Waals surface area (Å²) in [4.78, 5) is 27.1. The summed E-state index contributed by atoms with van der Waals surface area (Å²) in [6, 6.07) is 8.57. The fourth-order valence-corrected chi connectivity index (χ4v) is 2.78. The van der Waals surface area contributed by atoms with E-state index in [-0.39, 0.29) is 10.7 Å². The number of carbonyl (C=O) groups is 2. The number of hydrogen-bond acceptors (Lipinski definition) is 5. The molecule has 0 spiro atoms. The molecular formula is C16H9F3N2O3S. The van der Waals surface area contributed by atoms with Crippen LogP contribution in [0.15, 0.2) is 47.5 Å². The van der Waals surface area contributed by atoms with Gasteiger partial charge in [0.1, 0.15) is 5.75 Å². The largest absolute Gasteiger partial charge is 0.573 e. The summed E-state index contributed by atoms with van der Waals surface area (Å²) in [5, 5.41) is 1.71. The fraction of sp³-hybridized carbons (Fsp3) is 0.0625. The maximum atomic E-state index is 12.2. The number of halogens is 3. The Morgan fingerprint density at radius 3 is 2.44 bits per heavy atom. The number of pyridine rings is 1. The summed E-state index contributed by atoms with van der Waals surface area (Å²) in [5.74, 6) is -0.797. The average molecular weight is 366 g/mol. The third-order valence-electron chi connectivity index (χ3n) is 3.11. The quantitative estimate of drug-likeness (QED) is 0.833. The van der Waals surface area contributed by atoms with Crippen molar-refractivity contribution in [2.24, 2.45) is 0 Å². The van der Waals surface area contributed by atoms with Crippen LogP contribution in [0.3, 0.4) is 0 Å². The molecule has 1 fully saturated rings. The van der Waals surface area contributed by atoms with Gasteiger partial charge in [-0.25, -0.2) is 0 Å². The van der Waals surface area contributed by atoms with Crippen molar-refractivity contribution in [3.8, 4) is 17.0 Å². The maximum absolute atomic E-state index is 12.2. The van der Waals surface area contributed by atoms with Gasteiger partial charge in [0.05, 0.1) is 10.6 Å². The monoisotopic (exact) mass is 366 g/mol. The predicted octanol–water partition coefficient (Wildman–Crippen LogP) is 3.97. The Bertz CT molecular complexity index is 864. The standard InChI is InChI=1S/C16H9F3N2O3S/c17-16(18,19)24-11-3-1-10(2-4-11)12-7-9(5-6-20-12)8-13-14(22)21-15(23)25-13/h1-8H,(H,21,22,23)/b13-8-. The molecule has 1 aliphatic heterocycles. The highest BCUT2D eigenvalue weighted by atomic mass is 32.2. The Morgan fingerprint density at radius 1 is 1.12 bits per heavy atom. The summed E-state index contributed by atoms with van der Waals surface area (Å²) in [6.45, 7) is 0. The van der Waals surface area contributed by atoms with Crippen molar-refractivity contribution in [3.63, 3.8) is 0 Å². The van der Waals surface area contributed by atoms with E-state index in [1.165, 1.54) is 36.5 Å². The SMILES string of the molecule is O=C1NC(=O)/C(=C/c2ccnc(-c3ccc(OC(F)(F)F)cc3)c2)S1. The van der Waals surface area contributed by atoms with Crippen molar-refractivity contribution in [3.05, 3.63) is 53.1 Å². The van der Waals surface area contributed by atoms with Crippen LogP contribution in [0.4, 0.5) is 18.0 Å². The molecule has 0 radical (unpaired) electrons. The Morgan fingerprint density at radius 2 is 1.84 bits per heavy atom. The first kappa shape index (κ1) is 17.0. The minimum Gasteiger partial charge on any atom is -0.406 e. The molecule has 2 heterocycles. The first-order valence-corrected chi connectivity index (χ1v) is 7.69. The summed E-state index contributed by atoms with van der Waals surface area (Å²) in [5.41, 5.74) is 1.71. The van der Waals surface area contributed by atoms with Crippen LogP contribution >= 0.6 is 11.8 Å². The van der Waals surface area contributed by atoms with E-state index in [0.717, 1.165) is 11.8 Å². The summed E-state index contributed by atoms with van der Waals surface area (Å²) in [7, 11) is 0. The molecule has 0 unspecified atom stereocenters. The molecule has 128 valence electrons. The van der Waals surface area contributed by atoms with E-state index < -0.39 is 17.5 Å². The van der Waals surface area contributed by atoms with Crippen molar-refractivity contribution in [2.45, 2.75) is 6.36 Å². The zero-order chi connectivity index (χ0) is 18.0. The number of imide groups is 1. The number of nitrogens with one attached hydrogen (secondary N) is 1. The van der Waals surface area contributed by atoms with Gasteiger partial charge in [-0.15, -0.1) is 13.2 Å². The van der Waals surface area contributed by atoms with Gasteiger partial charge in [-0.1, -0.05) is 0 Å². The lowest BCUT2D eigenvalue weighted by molar-refractivity contribution is -0.274. The Kier molecular flexibility index (Phi) is 4.49. The van der Waals surface area contributed by atoms with E-state index >= 15 is 0 Å². The average Bonchev–Trinajstić information content (AvgIpc) is 2.84. The van der Waals surface area contributed by atoms with Gasteiger partial charge < -0.3 is 4.74 Å². The van der Waals surface area contributed by atoms with Gasteiger partial charge in [0, 0.05) is 11.8 Å². The summed E-state index contributed by atoms with van der Waals surface area (Å²) < 4.78 is 40.3. The second kappa shape index (κ2) is 6.60.